The van der Waals surface area contributed by atoms with Gasteiger partial charge in [-0.1, -0.05) is 18.9 Å². The zero-order valence-corrected chi connectivity index (χ0v) is 19.2. The second-order valence-corrected chi connectivity index (χ2v) is 9.84. The molecule has 1 fully saturated rings. The summed E-state index contributed by atoms with van der Waals surface area (Å²) in [5, 5.41) is 5.83. The summed E-state index contributed by atoms with van der Waals surface area (Å²) in [6.07, 6.45) is 7.66. The summed E-state index contributed by atoms with van der Waals surface area (Å²) >= 11 is 1.75. The van der Waals surface area contributed by atoms with Crippen molar-refractivity contribution in [3.05, 3.63) is 62.3 Å². The van der Waals surface area contributed by atoms with Crippen molar-refractivity contribution in [2.24, 2.45) is 0 Å². The highest BCUT2D eigenvalue weighted by Crippen LogP contribution is 2.28. The van der Waals surface area contributed by atoms with E-state index in [2.05, 4.69) is 27.7 Å². The minimum Gasteiger partial charge on any atom is -0.350 e. The maximum Gasteiger partial charge on any atom is 0.261 e. The largest absolute Gasteiger partial charge is 0.350 e. The number of nitrogens with zero attached hydrogens (tertiary/aromatic N) is 3. The third kappa shape index (κ3) is 4.36. The zero-order chi connectivity index (χ0) is 21.9. The van der Waals surface area contributed by atoms with Crippen molar-refractivity contribution in [3.8, 4) is 0 Å². The van der Waals surface area contributed by atoms with Crippen LogP contribution in [0.3, 0.4) is 0 Å². The Balaban J connectivity index is 1.37. The van der Waals surface area contributed by atoms with E-state index < -0.39 is 0 Å². The van der Waals surface area contributed by atoms with E-state index in [1.165, 1.54) is 24.1 Å². The lowest BCUT2D eigenvalue weighted by molar-refractivity contribution is 0.0938. The Bertz CT molecular complexity index is 1150. The molecule has 6 nitrogen and oxygen atoms in total. The van der Waals surface area contributed by atoms with E-state index in [4.69, 9.17) is 4.98 Å². The summed E-state index contributed by atoms with van der Waals surface area (Å²) < 4.78 is 1.84. The molecule has 4 heterocycles. The number of hydrogen-bond donors (Lipinski definition) is 1. The second kappa shape index (κ2) is 9.55. The minimum atomic E-state index is -0.110. The molecule has 0 saturated carbocycles. The lowest BCUT2D eigenvalue weighted by Crippen LogP contribution is -2.36. The molecule has 1 atom stereocenters. The quantitative estimate of drug-likeness (QED) is 0.634. The number of hydrogen-bond acceptors (Lipinski definition) is 5. The Kier molecular flexibility index (Phi) is 6.37. The van der Waals surface area contributed by atoms with Gasteiger partial charge in [0.1, 0.15) is 5.82 Å². The lowest BCUT2D eigenvalue weighted by Gasteiger charge is -2.27. The topological polar surface area (TPSA) is 67.2 Å². The monoisotopic (exact) mass is 450 g/mol. The summed E-state index contributed by atoms with van der Waals surface area (Å²) in [5.74, 6) is 0.743. The standard InChI is InChI=1S/C25H30N4O2S/c30-24(26-17-21(22-8-7-15-32-22)28-12-5-6-13-28)18-10-11-19-20(16-18)27-23-9-3-1-2-4-14-29(23)25(19)31/h7-8,10-11,15-16,21H,1-6,9,12-14,17H2,(H,26,30)/t21-/m1/s1. The van der Waals surface area contributed by atoms with E-state index in [1.807, 2.05) is 4.57 Å². The molecular weight excluding hydrogens is 420 g/mol. The van der Waals surface area contributed by atoms with E-state index in [0.717, 1.165) is 51.1 Å². The Morgan fingerprint density at radius 3 is 2.69 bits per heavy atom. The molecule has 0 radical (unpaired) electrons. The molecule has 2 aliphatic rings. The van der Waals surface area contributed by atoms with Gasteiger partial charge in [0.05, 0.1) is 16.9 Å². The number of fused-ring (bicyclic) bond motifs is 2. The Morgan fingerprint density at radius 1 is 1.06 bits per heavy atom. The molecule has 1 N–H and O–H groups in total. The van der Waals surface area contributed by atoms with Crippen molar-refractivity contribution in [2.75, 3.05) is 19.6 Å². The molecular formula is C25H30N4O2S. The predicted molar refractivity (Wildman–Crippen MR) is 128 cm³/mol. The van der Waals surface area contributed by atoms with Gasteiger partial charge in [0.2, 0.25) is 0 Å². The van der Waals surface area contributed by atoms with Gasteiger partial charge in [-0.3, -0.25) is 19.1 Å². The van der Waals surface area contributed by atoms with Gasteiger partial charge in [0.15, 0.2) is 0 Å². The normalized spacial score (nSPS) is 18.1. The van der Waals surface area contributed by atoms with Gasteiger partial charge in [-0.25, -0.2) is 4.98 Å². The van der Waals surface area contributed by atoms with Crippen molar-refractivity contribution in [3.63, 3.8) is 0 Å². The molecule has 0 unspecified atom stereocenters. The van der Waals surface area contributed by atoms with Crippen molar-refractivity contribution in [1.29, 1.82) is 0 Å². The smallest absolute Gasteiger partial charge is 0.261 e. The molecule has 0 bridgehead atoms. The molecule has 168 valence electrons. The van der Waals surface area contributed by atoms with E-state index in [-0.39, 0.29) is 17.5 Å². The number of aryl methyl sites for hydroxylation is 1. The molecule has 0 aliphatic carbocycles. The number of nitrogens with one attached hydrogen (secondary N) is 1. The number of benzene rings is 1. The first-order valence-electron chi connectivity index (χ1n) is 11.8. The van der Waals surface area contributed by atoms with Crippen LogP contribution in [0.25, 0.3) is 10.9 Å². The van der Waals surface area contributed by atoms with Crippen LogP contribution in [0.15, 0.2) is 40.5 Å². The Morgan fingerprint density at radius 2 is 1.88 bits per heavy atom. The van der Waals surface area contributed by atoms with Gasteiger partial charge in [-0.2, -0.15) is 0 Å². The number of carbonyl (C=O) groups excluding carboxylic acids is 1. The average molecular weight is 451 g/mol. The molecule has 1 amide bonds. The first-order valence-corrected chi connectivity index (χ1v) is 12.7. The lowest BCUT2D eigenvalue weighted by atomic mass is 10.1. The van der Waals surface area contributed by atoms with Crippen LogP contribution in [-0.4, -0.2) is 40.0 Å². The van der Waals surface area contributed by atoms with Crippen molar-refractivity contribution in [2.45, 2.75) is 57.5 Å². The summed E-state index contributed by atoms with van der Waals surface area (Å²) in [6.45, 7) is 3.47. The van der Waals surface area contributed by atoms with Crippen LogP contribution in [0.2, 0.25) is 0 Å². The van der Waals surface area contributed by atoms with Crippen LogP contribution in [0, 0.1) is 0 Å². The third-order valence-corrected chi connectivity index (χ3v) is 7.71. The molecule has 5 rings (SSSR count). The predicted octanol–water partition coefficient (Wildman–Crippen LogP) is 4.14. The molecule has 32 heavy (non-hydrogen) atoms. The summed E-state index contributed by atoms with van der Waals surface area (Å²) in [7, 11) is 0. The maximum absolute atomic E-state index is 13.0. The molecule has 1 aromatic carbocycles. The Hall–Kier alpha value is -2.51. The fourth-order valence-corrected chi connectivity index (χ4v) is 5.83. The van der Waals surface area contributed by atoms with Crippen LogP contribution in [0.1, 0.15) is 65.6 Å². The van der Waals surface area contributed by atoms with Gasteiger partial charge in [0.25, 0.3) is 11.5 Å². The van der Waals surface area contributed by atoms with Crippen molar-refractivity contribution < 1.29 is 4.79 Å². The van der Waals surface area contributed by atoms with Gasteiger partial charge in [0, 0.05) is 30.0 Å². The first kappa shape index (κ1) is 21.3. The van der Waals surface area contributed by atoms with Crippen molar-refractivity contribution in [1.82, 2.24) is 19.8 Å². The average Bonchev–Trinajstić information content (AvgIpc) is 3.50. The van der Waals surface area contributed by atoms with Crippen LogP contribution >= 0.6 is 11.3 Å². The minimum absolute atomic E-state index is 0.0191. The number of aromatic nitrogens is 2. The summed E-state index contributed by atoms with van der Waals surface area (Å²) in [6, 6.07) is 9.74. The highest BCUT2D eigenvalue weighted by atomic mass is 32.1. The molecule has 2 aromatic heterocycles. The molecule has 2 aliphatic heterocycles. The van der Waals surface area contributed by atoms with Crippen LogP contribution in [0.4, 0.5) is 0 Å². The molecule has 0 spiro atoms. The summed E-state index contributed by atoms with van der Waals surface area (Å²) in [5.41, 5.74) is 1.21. The summed E-state index contributed by atoms with van der Waals surface area (Å²) in [4.78, 5) is 34.6. The number of carbonyl (C=O) groups is 1. The number of rotatable bonds is 5. The van der Waals surface area contributed by atoms with E-state index in [9.17, 15) is 9.59 Å². The molecule has 3 aromatic rings. The highest BCUT2D eigenvalue weighted by molar-refractivity contribution is 7.10. The van der Waals surface area contributed by atoms with E-state index in [0.29, 0.717) is 23.0 Å². The van der Waals surface area contributed by atoms with E-state index >= 15 is 0 Å². The van der Waals surface area contributed by atoms with Gasteiger partial charge in [-0.15, -0.1) is 11.3 Å². The maximum atomic E-state index is 13.0. The number of likely N-dealkylation sites (tertiary alicyclic amines) is 1. The second-order valence-electron chi connectivity index (χ2n) is 8.87. The fourth-order valence-electron chi connectivity index (χ4n) is 4.97. The first-order chi connectivity index (χ1) is 15.7. The van der Waals surface area contributed by atoms with Crippen LogP contribution < -0.4 is 10.9 Å². The Labute approximate surface area is 192 Å². The van der Waals surface area contributed by atoms with E-state index in [1.54, 1.807) is 29.5 Å². The van der Waals surface area contributed by atoms with Crippen molar-refractivity contribution >= 4 is 28.1 Å². The zero-order valence-electron chi connectivity index (χ0n) is 18.4. The fraction of sp³-hybridized carbons (Fsp3) is 0.480. The SMILES string of the molecule is O=C(NC[C@H](c1cccs1)N1CCCC1)c1ccc2c(=O)n3c(nc2c1)CCCCCC3. The van der Waals surface area contributed by atoms with Crippen LogP contribution in [-0.2, 0) is 13.0 Å². The number of thiophene rings is 1. The molecule has 7 heteroatoms. The van der Waals surface area contributed by atoms with Crippen LogP contribution in [0.5, 0.6) is 0 Å². The van der Waals surface area contributed by atoms with Gasteiger partial charge < -0.3 is 5.32 Å². The highest BCUT2D eigenvalue weighted by Gasteiger charge is 2.25. The van der Waals surface area contributed by atoms with Gasteiger partial charge >= 0.3 is 0 Å². The number of amides is 1. The van der Waals surface area contributed by atoms with Gasteiger partial charge in [-0.05, 0) is 68.4 Å². The third-order valence-electron chi connectivity index (χ3n) is 6.74. The molecule has 1 saturated heterocycles.